The molecule has 114 valence electrons. The third-order valence-electron chi connectivity index (χ3n) is 4.53. The zero-order chi connectivity index (χ0) is 16.1. The first kappa shape index (κ1) is 14.1. The van der Waals surface area contributed by atoms with E-state index in [9.17, 15) is 0 Å². The largest absolute Gasteiger partial charge is 0.447 e. The predicted molar refractivity (Wildman–Crippen MR) is 93.7 cm³/mol. The fourth-order valence-electron chi connectivity index (χ4n) is 3.50. The van der Waals surface area contributed by atoms with Crippen LogP contribution < -0.4 is 15.0 Å². The standard InChI is InChI=1S/C18H19BN3O/c1-12-7-8-16(21(4)11-12)22-13(2)10-15-14-6-5-9-20-18(14)23-17(15)19(22)3/h5-11H,1-4H3/q+1. The molecule has 4 heterocycles. The molecule has 1 aliphatic heterocycles. The first-order valence-corrected chi connectivity index (χ1v) is 7.87. The molecule has 0 aromatic carbocycles. The number of allylic oxidation sites excluding steroid dienone is 1. The molecule has 3 aromatic heterocycles. The number of hydrogen-bond donors (Lipinski definition) is 0. The molecule has 0 saturated carbocycles. The lowest BCUT2D eigenvalue weighted by Crippen LogP contribution is -2.52. The van der Waals surface area contributed by atoms with Crippen LogP contribution in [-0.4, -0.2) is 11.8 Å². The molecule has 0 spiro atoms. The van der Waals surface area contributed by atoms with Crippen LogP contribution in [0.1, 0.15) is 18.1 Å². The number of nitrogens with zero attached hydrogens (tertiary/aromatic N) is 3. The Morgan fingerprint density at radius 2 is 2.04 bits per heavy atom. The molecule has 0 bridgehead atoms. The van der Waals surface area contributed by atoms with Crippen LogP contribution in [0, 0.1) is 6.92 Å². The number of hydrogen-bond acceptors (Lipinski definition) is 3. The van der Waals surface area contributed by atoms with Crippen LogP contribution in [0.15, 0.2) is 46.8 Å². The average molecular weight is 304 g/mol. The quantitative estimate of drug-likeness (QED) is 0.512. The number of aromatic nitrogens is 2. The summed E-state index contributed by atoms with van der Waals surface area (Å²) in [6.07, 6.45) is 6.12. The van der Waals surface area contributed by atoms with Crippen LogP contribution in [0.25, 0.3) is 17.2 Å². The van der Waals surface area contributed by atoms with Crippen LogP contribution in [0.4, 0.5) is 5.82 Å². The summed E-state index contributed by atoms with van der Waals surface area (Å²) in [6, 6.07) is 8.33. The van der Waals surface area contributed by atoms with Gasteiger partial charge in [0.15, 0.2) is 0 Å². The van der Waals surface area contributed by atoms with Crippen molar-refractivity contribution in [2.24, 2.45) is 7.05 Å². The summed E-state index contributed by atoms with van der Waals surface area (Å²) >= 11 is 0. The smallest absolute Gasteiger partial charge is 0.447 e. The van der Waals surface area contributed by atoms with Gasteiger partial charge in [0.2, 0.25) is 5.71 Å². The zero-order valence-electron chi connectivity index (χ0n) is 13.9. The molecule has 5 heteroatoms. The summed E-state index contributed by atoms with van der Waals surface area (Å²) < 4.78 is 8.22. The van der Waals surface area contributed by atoms with Crippen LogP contribution in [0.2, 0.25) is 6.82 Å². The van der Waals surface area contributed by atoms with Crippen molar-refractivity contribution in [3.05, 3.63) is 53.5 Å². The SMILES string of the molecule is CB1c2oc3ncccc3c2C=C(C)N1c1ccc(C)c[n+]1C. The van der Waals surface area contributed by atoms with Crippen molar-refractivity contribution < 1.29 is 8.98 Å². The maximum absolute atomic E-state index is 6.06. The Kier molecular flexibility index (Phi) is 3.05. The number of furan rings is 1. The number of aryl methyl sites for hydroxylation is 2. The summed E-state index contributed by atoms with van der Waals surface area (Å²) in [6.45, 7) is 6.55. The molecule has 0 atom stereocenters. The number of fused-ring (bicyclic) bond motifs is 3. The van der Waals surface area contributed by atoms with Gasteiger partial charge in [-0.15, -0.1) is 0 Å². The minimum absolute atomic E-state index is 0.123. The van der Waals surface area contributed by atoms with Crippen LogP contribution in [0.3, 0.4) is 0 Å². The van der Waals surface area contributed by atoms with E-state index in [1.54, 1.807) is 6.20 Å². The highest BCUT2D eigenvalue weighted by molar-refractivity contribution is 6.76. The van der Waals surface area contributed by atoms with Crippen molar-refractivity contribution in [2.75, 3.05) is 4.81 Å². The van der Waals surface area contributed by atoms with Gasteiger partial charge in [-0.2, -0.15) is 0 Å². The van der Waals surface area contributed by atoms with Gasteiger partial charge in [0.25, 0.3) is 5.82 Å². The van der Waals surface area contributed by atoms with E-state index < -0.39 is 0 Å². The van der Waals surface area contributed by atoms with E-state index in [1.165, 1.54) is 11.3 Å². The van der Waals surface area contributed by atoms with Crippen molar-refractivity contribution in [1.82, 2.24) is 4.98 Å². The molecule has 3 aromatic rings. The van der Waals surface area contributed by atoms with E-state index in [1.807, 2.05) is 6.07 Å². The van der Waals surface area contributed by atoms with E-state index in [2.05, 4.69) is 72.6 Å². The molecule has 4 rings (SSSR count). The van der Waals surface area contributed by atoms with Crippen molar-refractivity contribution in [3.63, 3.8) is 0 Å². The average Bonchev–Trinajstić information content (AvgIpc) is 2.88. The lowest BCUT2D eigenvalue weighted by Gasteiger charge is -2.26. The highest BCUT2D eigenvalue weighted by atomic mass is 16.3. The van der Waals surface area contributed by atoms with Gasteiger partial charge >= 0.3 is 6.85 Å². The van der Waals surface area contributed by atoms with Crippen molar-refractivity contribution in [3.8, 4) is 0 Å². The maximum atomic E-state index is 6.06. The molecule has 0 aliphatic carbocycles. The number of pyridine rings is 2. The maximum Gasteiger partial charge on any atom is 0.447 e. The van der Waals surface area contributed by atoms with Crippen LogP contribution in [0.5, 0.6) is 0 Å². The second-order valence-corrected chi connectivity index (χ2v) is 6.24. The number of anilines is 1. The highest BCUT2D eigenvalue weighted by Crippen LogP contribution is 2.28. The molecule has 0 saturated heterocycles. The van der Waals surface area contributed by atoms with Gasteiger partial charge in [-0.3, -0.25) is 4.81 Å². The molecule has 1 aliphatic rings. The molecule has 23 heavy (non-hydrogen) atoms. The van der Waals surface area contributed by atoms with E-state index in [0.29, 0.717) is 5.71 Å². The Hall–Kier alpha value is -2.56. The molecular weight excluding hydrogens is 285 g/mol. The molecule has 0 fully saturated rings. The minimum Gasteiger partial charge on any atom is -0.447 e. The lowest BCUT2D eigenvalue weighted by atomic mass is 9.57. The predicted octanol–water partition coefficient (Wildman–Crippen LogP) is 2.67. The van der Waals surface area contributed by atoms with Gasteiger partial charge in [0.1, 0.15) is 5.66 Å². The van der Waals surface area contributed by atoms with E-state index in [-0.39, 0.29) is 6.85 Å². The third kappa shape index (κ3) is 2.07. The van der Waals surface area contributed by atoms with Gasteiger partial charge in [0, 0.05) is 23.2 Å². The van der Waals surface area contributed by atoms with Crippen molar-refractivity contribution in [1.29, 1.82) is 0 Å². The van der Waals surface area contributed by atoms with E-state index in [4.69, 9.17) is 4.42 Å². The third-order valence-corrected chi connectivity index (χ3v) is 4.53. The molecule has 4 nitrogen and oxygen atoms in total. The van der Waals surface area contributed by atoms with Crippen LogP contribution in [-0.2, 0) is 7.05 Å². The van der Waals surface area contributed by atoms with Crippen molar-refractivity contribution >= 4 is 35.5 Å². The summed E-state index contributed by atoms with van der Waals surface area (Å²) in [4.78, 5) is 6.66. The van der Waals surface area contributed by atoms with Gasteiger partial charge in [0.05, 0.1) is 18.9 Å². The Labute approximate surface area is 136 Å². The second kappa shape index (κ2) is 4.98. The molecule has 0 amide bonds. The zero-order valence-corrected chi connectivity index (χ0v) is 13.9. The Bertz CT molecular complexity index is 945. The Balaban J connectivity index is 1.90. The van der Waals surface area contributed by atoms with E-state index >= 15 is 0 Å². The van der Waals surface area contributed by atoms with Gasteiger partial charge < -0.3 is 4.42 Å². The molecule has 0 radical (unpaired) electrons. The van der Waals surface area contributed by atoms with Crippen LogP contribution >= 0.6 is 0 Å². The summed E-state index contributed by atoms with van der Waals surface area (Å²) in [5.74, 6) is 1.15. The van der Waals surface area contributed by atoms with Gasteiger partial charge in [-0.05, 0) is 50.5 Å². The minimum atomic E-state index is 0.123. The summed E-state index contributed by atoms with van der Waals surface area (Å²) in [5.41, 5.74) is 5.30. The van der Waals surface area contributed by atoms with Crippen molar-refractivity contribution in [2.45, 2.75) is 20.7 Å². The Morgan fingerprint density at radius 3 is 2.83 bits per heavy atom. The normalized spacial score (nSPS) is 14.2. The Morgan fingerprint density at radius 1 is 1.22 bits per heavy atom. The van der Waals surface area contributed by atoms with E-state index in [0.717, 1.165) is 22.4 Å². The highest BCUT2D eigenvalue weighted by Gasteiger charge is 2.40. The molecule has 0 unspecified atom stereocenters. The summed E-state index contributed by atoms with van der Waals surface area (Å²) in [5, 5.41) is 1.08. The second-order valence-electron chi connectivity index (χ2n) is 6.24. The summed E-state index contributed by atoms with van der Waals surface area (Å²) in [7, 11) is 2.08. The fourth-order valence-corrected chi connectivity index (χ4v) is 3.50. The number of rotatable bonds is 1. The monoisotopic (exact) mass is 304 g/mol. The van der Waals surface area contributed by atoms with Gasteiger partial charge in [-0.1, -0.05) is 0 Å². The fraction of sp³-hybridized carbons (Fsp3) is 0.222. The topological polar surface area (TPSA) is 33.2 Å². The van der Waals surface area contributed by atoms with Gasteiger partial charge in [-0.25, -0.2) is 9.55 Å². The molecule has 0 N–H and O–H groups in total. The first-order valence-electron chi connectivity index (χ1n) is 7.87. The lowest BCUT2D eigenvalue weighted by molar-refractivity contribution is -0.658. The first-order chi connectivity index (χ1) is 11.1. The molecular formula is C18H19BN3O+.